The van der Waals surface area contributed by atoms with Gasteiger partial charge < -0.3 is 19.9 Å². The summed E-state index contributed by atoms with van der Waals surface area (Å²) in [6, 6.07) is 1.84. The Morgan fingerprint density at radius 1 is 1.05 bits per heavy atom. The van der Waals surface area contributed by atoms with Crippen molar-refractivity contribution in [2.45, 2.75) is 0 Å². The van der Waals surface area contributed by atoms with Crippen LogP contribution >= 0.6 is 11.6 Å². The molecule has 0 radical (unpaired) electrons. The summed E-state index contributed by atoms with van der Waals surface area (Å²) in [5, 5.41) is 3.84. The molecule has 6 nitrogen and oxygen atoms in total. The molecule has 3 heterocycles. The van der Waals surface area contributed by atoms with E-state index in [1.165, 1.54) is 0 Å². The number of nitrogens with one attached hydrogen (secondary N) is 1. The molecule has 19 heavy (non-hydrogen) atoms. The van der Waals surface area contributed by atoms with E-state index in [1.54, 1.807) is 0 Å². The molecule has 0 aliphatic carbocycles. The lowest BCUT2D eigenvalue weighted by molar-refractivity contribution is 0.122. The van der Waals surface area contributed by atoms with Crippen LogP contribution in [0.3, 0.4) is 0 Å². The van der Waals surface area contributed by atoms with Crippen molar-refractivity contribution < 1.29 is 4.74 Å². The van der Waals surface area contributed by atoms with E-state index in [9.17, 15) is 0 Å². The molecule has 2 aliphatic rings. The third-order valence-electron chi connectivity index (χ3n) is 3.40. The van der Waals surface area contributed by atoms with E-state index in [-0.39, 0.29) is 0 Å². The highest BCUT2D eigenvalue weighted by molar-refractivity contribution is 6.29. The molecule has 0 spiro atoms. The molecule has 0 saturated carbocycles. The van der Waals surface area contributed by atoms with E-state index in [4.69, 9.17) is 16.3 Å². The monoisotopic (exact) mass is 283 g/mol. The van der Waals surface area contributed by atoms with Gasteiger partial charge in [0, 0.05) is 45.3 Å². The molecular formula is C12H18ClN5O. The predicted molar refractivity (Wildman–Crippen MR) is 75.2 cm³/mol. The molecule has 0 atom stereocenters. The lowest BCUT2D eigenvalue weighted by Crippen LogP contribution is -2.44. The lowest BCUT2D eigenvalue weighted by atomic mass is 10.3. The van der Waals surface area contributed by atoms with Crippen LogP contribution in [0.25, 0.3) is 0 Å². The zero-order valence-corrected chi connectivity index (χ0v) is 11.6. The second-order valence-corrected chi connectivity index (χ2v) is 5.07. The number of morpholine rings is 1. The molecular weight excluding hydrogens is 266 g/mol. The van der Waals surface area contributed by atoms with Crippen LogP contribution in [0.2, 0.25) is 5.15 Å². The van der Waals surface area contributed by atoms with Crippen molar-refractivity contribution in [1.29, 1.82) is 0 Å². The summed E-state index contributed by atoms with van der Waals surface area (Å²) < 4.78 is 5.35. The maximum Gasteiger partial charge on any atom is 0.228 e. The van der Waals surface area contributed by atoms with Crippen LogP contribution in [0, 0.1) is 0 Å². The van der Waals surface area contributed by atoms with Gasteiger partial charge in [-0.1, -0.05) is 11.6 Å². The van der Waals surface area contributed by atoms with E-state index in [0.29, 0.717) is 11.1 Å². The molecule has 2 saturated heterocycles. The van der Waals surface area contributed by atoms with Crippen LogP contribution in [-0.2, 0) is 4.74 Å². The van der Waals surface area contributed by atoms with Crippen LogP contribution < -0.4 is 15.1 Å². The minimum Gasteiger partial charge on any atom is -0.378 e. The number of ether oxygens (including phenoxy) is 1. The number of hydrogen-bond donors (Lipinski definition) is 1. The first kappa shape index (κ1) is 12.9. The maximum absolute atomic E-state index is 6.14. The molecule has 104 valence electrons. The van der Waals surface area contributed by atoms with Crippen molar-refractivity contribution in [3.63, 3.8) is 0 Å². The number of aromatic nitrogens is 2. The van der Waals surface area contributed by atoms with Crippen LogP contribution in [0.1, 0.15) is 0 Å². The molecule has 1 N–H and O–H groups in total. The van der Waals surface area contributed by atoms with Gasteiger partial charge in [-0.05, 0) is 0 Å². The van der Waals surface area contributed by atoms with Gasteiger partial charge in [-0.3, -0.25) is 0 Å². The summed E-state index contributed by atoms with van der Waals surface area (Å²) >= 11 is 6.14. The van der Waals surface area contributed by atoms with Gasteiger partial charge in [0.15, 0.2) is 0 Å². The van der Waals surface area contributed by atoms with Crippen molar-refractivity contribution in [2.24, 2.45) is 0 Å². The van der Waals surface area contributed by atoms with Gasteiger partial charge in [0.05, 0.1) is 13.2 Å². The fourth-order valence-corrected chi connectivity index (χ4v) is 2.53. The largest absolute Gasteiger partial charge is 0.378 e. The lowest BCUT2D eigenvalue weighted by Gasteiger charge is -2.31. The van der Waals surface area contributed by atoms with Gasteiger partial charge in [-0.25, -0.2) is 4.98 Å². The zero-order chi connectivity index (χ0) is 13.1. The predicted octanol–water partition coefficient (Wildman–Crippen LogP) is 0.376. The number of nitrogens with zero attached hydrogens (tertiary/aromatic N) is 4. The molecule has 2 aliphatic heterocycles. The first-order chi connectivity index (χ1) is 9.33. The van der Waals surface area contributed by atoms with Crippen LogP contribution in [0.4, 0.5) is 11.8 Å². The fourth-order valence-electron chi connectivity index (χ4n) is 2.35. The summed E-state index contributed by atoms with van der Waals surface area (Å²) in [6.07, 6.45) is 0. The Labute approximate surface area is 117 Å². The third-order valence-corrected chi connectivity index (χ3v) is 3.60. The van der Waals surface area contributed by atoms with Crippen molar-refractivity contribution in [2.75, 3.05) is 62.3 Å². The highest BCUT2D eigenvalue weighted by Gasteiger charge is 2.18. The van der Waals surface area contributed by atoms with Crippen LogP contribution in [-0.4, -0.2) is 62.5 Å². The maximum atomic E-state index is 6.14. The first-order valence-electron chi connectivity index (χ1n) is 6.66. The van der Waals surface area contributed by atoms with Crippen molar-refractivity contribution in [3.8, 4) is 0 Å². The number of piperazine rings is 1. The highest BCUT2D eigenvalue weighted by Crippen LogP contribution is 2.21. The second-order valence-electron chi connectivity index (χ2n) is 4.69. The number of hydrogen-bond acceptors (Lipinski definition) is 6. The number of anilines is 2. The summed E-state index contributed by atoms with van der Waals surface area (Å²) in [6.45, 7) is 6.95. The Morgan fingerprint density at radius 3 is 2.53 bits per heavy atom. The summed E-state index contributed by atoms with van der Waals surface area (Å²) in [5.74, 6) is 1.63. The smallest absolute Gasteiger partial charge is 0.228 e. The summed E-state index contributed by atoms with van der Waals surface area (Å²) in [5.41, 5.74) is 0. The average Bonchev–Trinajstić information content (AvgIpc) is 2.48. The molecule has 0 bridgehead atoms. The minimum absolute atomic E-state index is 0.505. The van der Waals surface area contributed by atoms with Crippen molar-refractivity contribution in [3.05, 3.63) is 11.2 Å². The Bertz CT molecular complexity index is 396. The normalized spacial score (nSPS) is 20.7. The molecule has 7 heteroatoms. The zero-order valence-electron chi connectivity index (χ0n) is 10.8. The van der Waals surface area contributed by atoms with Gasteiger partial charge in [0.1, 0.15) is 11.0 Å². The van der Waals surface area contributed by atoms with E-state index in [2.05, 4.69) is 25.1 Å². The molecule has 2 fully saturated rings. The van der Waals surface area contributed by atoms with E-state index < -0.39 is 0 Å². The van der Waals surface area contributed by atoms with Gasteiger partial charge >= 0.3 is 0 Å². The second kappa shape index (κ2) is 5.90. The number of rotatable bonds is 2. The van der Waals surface area contributed by atoms with Gasteiger partial charge in [-0.2, -0.15) is 4.98 Å². The van der Waals surface area contributed by atoms with Crippen molar-refractivity contribution in [1.82, 2.24) is 15.3 Å². The Morgan fingerprint density at radius 2 is 1.79 bits per heavy atom. The van der Waals surface area contributed by atoms with E-state index >= 15 is 0 Å². The molecule has 0 amide bonds. The summed E-state index contributed by atoms with van der Waals surface area (Å²) in [7, 11) is 0. The van der Waals surface area contributed by atoms with Crippen LogP contribution in [0.5, 0.6) is 0 Å². The van der Waals surface area contributed by atoms with E-state index in [1.807, 2.05) is 6.07 Å². The Kier molecular flexibility index (Phi) is 4.00. The van der Waals surface area contributed by atoms with Gasteiger partial charge in [0.25, 0.3) is 0 Å². The molecule has 1 aromatic rings. The topological polar surface area (TPSA) is 53.5 Å². The minimum atomic E-state index is 0.505. The average molecular weight is 284 g/mol. The molecule has 0 aromatic carbocycles. The Hall–Kier alpha value is -1.11. The first-order valence-corrected chi connectivity index (χ1v) is 7.04. The molecule has 0 unspecified atom stereocenters. The standard InChI is InChI=1S/C12H18ClN5O/c13-10-9-11(17-3-1-14-2-4-17)16-12(15-10)18-5-7-19-8-6-18/h9,14H,1-8H2. The fraction of sp³-hybridized carbons (Fsp3) is 0.667. The van der Waals surface area contributed by atoms with Gasteiger partial charge in [-0.15, -0.1) is 0 Å². The Balaban J connectivity index is 1.82. The highest BCUT2D eigenvalue weighted by atomic mass is 35.5. The molecule has 3 rings (SSSR count). The van der Waals surface area contributed by atoms with Gasteiger partial charge in [0.2, 0.25) is 5.95 Å². The molecule has 1 aromatic heterocycles. The van der Waals surface area contributed by atoms with Crippen molar-refractivity contribution >= 4 is 23.4 Å². The third kappa shape index (κ3) is 3.08. The van der Waals surface area contributed by atoms with Crippen LogP contribution in [0.15, 0.2) is 6.07 Å². The number of halogens is 1. The summed E-state index contributed by atoms with van der Waals surface area (Å²) in [4.78, 5) is 13.4. The van der Waals surface area contributed by atoms with E-state index in [0.717, 1.165) is 58.3 Å². The SMILES string of the molecule is Clc1cc(N2CCNCC2)nc(N2CCOCC2)n1. The quantitative estimate of drug-likeness (QED) is 0.792.